The summed E-state index contributed by atoms with van der Waals surface area (Å²) in [6, 6.07) is 16.5. The second-order valence-electron chi connectivity index (χ2n) is 9.92. The van der Waals surface area contributed by atoms with E-state index < -0.39 is 5.92 Å². The molecule has 2 heterocycles. The maximum Gasteiger partial charge on any atom is 0.230 e. The van der Waals surface area contributed by atoms with Crippen LogP contribution in [0.2, 0.25) is 0 Å². The molecule has 4 nitrogen and oxygen atoms in total. The Morgan fingerprint density at radius 2 is 1.74 bits per heavy atom. The van der Waals surface area contributed by atoms with Crippen LogP contribution in [0.5, 0.6) is 0 Å². The topological polar surface area (TPSA) is 49.4 Å². The Kier molecular flexibility index (Phi) is 5.98. The van der Waals surface area contributed by atoms with Crippen molar-refractivity contribution in [3.05, 3.63) is 71.5 Å². The minimum Gasteiger partial charge on any atom is -0.355 e. The Balaban J connectivity index is 1.61. The zero-order valence-electron chi connectivity index (χ0n) is 18.5. The molecule has 0 saturated carbocycles. The maximum absolute atomic E-state index is 13.8. The Hall–Kier alpha value is -2.53. The van der Waals surface area contributed by atoms with E-state index in [0.29, 0.717) is 19.5 Å². The molecule has 2 fully saturated rings. The fourth-order valence-electron chi connectivity index (χ4n) is 5.06. The van der Waals surface area contributed by atoms with Crippen LogP contribution in [0.3, 0.4) is 0 Å². The van der Waals surface area contributed by atoms with Gasteiger partial charge in [0.1, 0.15) is 11.7 Å². The number of nitrogens with one attached hydrogen (secondary N) is 1. The molecule has 2 saturated heterocycles. The first-order chi connectivity index (χ1) is 14.7. The van der Waals surface area contributed by atoms with E-state index in [2.05, 4.69) is 31.0 Å². The SMILES string of the molecule is CC(C)(C)N1C[C@H](c2ccc(F)cc2)[C@H](C(=O)[C@H]2C(=O)NC[C@H]2Cc2ccccc2)C1. The fourth-order valence-corrected chi connectivity index (χ4v) is 5.06. The number of Topliss-reactive ketones (excluding diaryl/α,β-unsaturated/α-hetero) is 1. The number of ketones is 1. The van der Waals surface area contributed by atoms with Gasteiger partial charge in [-0.1, -0.05) is 42.5 Å². The van der Waals surface area contributed by atoms with Gasteiger partial charge >= 0.3 is 0 Å². The largest absolute Gasteiger partial charge is 0.355 e. The van der Waals surface area contributed by atoms with E-state index in [4.69, 9.17) is 0 Å². The summed E-state index contributed by atoms with van der Waals surface area (Å²) >= 11 is 0. The first-order valence-corrected chi connectivity index (χ1v) is 11.1. The number of hydrogen-bond acceptors (Lipinski definition) is 3. The number of carbonyl (C=O) groups excluding carboxylic acids is 2. The second-order valence-corrected chi connectivity index (χ2v) is 9.92. The molecule has 5 heteroatoms. The summed E-state index contributed by atoms with van der Waals surface area (Å²) in [5.74, 6) is -1.41. The lowest BCUT2D eigenvalue weighted by atomic mass is 9.77. The van der Waals surface area contributed by atoms with Crippen molar-refractivity contribution >= 4 is 11.7 Å². The first kappa shape index (κ1) is 21.7. The number of carbonyl (C=O) groups is 2. The minimum absolute atomic E-state index is 0.0250. The van der Waals surface area contributed by atoms with Crippen LogP contribution in [0.15, 0.2) is 54.6 Å². The van der Waals surface area contributed by atoms with Crippen molar-refractivity contribution in [1.29, 1.82) is 0 Å². The molecule has 2 aromatic rings. The van der Waals surface area contributed by atoms with Gasteiger partial charge in [-0.25, -0.2) is 4.39 Å². The van der Waals surface area contributed by atoms with Crippen LogP contribution >= 0.6 is 0 Å². The van der Waals surface area contributed by atoms with Gasteiger partial charge in [-0.3, -0.25) is 14.5 Å². The van der Waals surface area contributed by atoms with Gasteiger partial charge in [-0.2, -0.15) is 0 Å². The summed E-state index contributed by atoms with van der Waals surface area (Å²) in [6.45, 7) is 8.29. The van der Waals surface area contributed by atoms with Crippen molar-refractivity contribution in [1.82, 2.24) is 10.2 Å². The molecule has 2 aliphatic rings. The van der Waals surface area contributed by atoms with E-state index in [9.17, 15) is 14.0 Å². The summed E-state index contributed by atoms with van der Waals surface area (Å²) in [5, 5.41) is 2.92. The maximum atomic E-state index is 13.8. The molecule has 164 valence electrons. The van der Waals surface area contributed by atoms with Gasteiger partial charge in [0.15, 0.2) is 5.78 Å². The van der Waals surface area contributed by atoms with Crippen molar-refractivity contribution in [2.45, 2.75) is 38.6 Å². The van der Waals surface area contributed by atoms with Crippen LogP contribution in [0.25, 0.3) is 0 Å². The summed E-state index contributed by atoms with van der Waals surface area (Å²) in [5.41, 5.74) is 2.01. The molecular formula is C26H31FN2O2. The average molecular weight is 423 g/mol. The quantitative estimate of drug-likeness (QED) is 0.746. The summed E-state index contributed by atoms with van der Waals surface area (Å²) in [6.07, 6.45) is 0.701. The minimum atomic E-state index is -0.631. The first-order valence-electron chi connectivity index (χ1n) is 11.1. The van der Waals surface area contributed by atoms with Crippen molar-refractivity contribution in [3.8, 4) is 0 Å². The third-order valence-electron chi connectivity index (χ3n) is 6.87. The molecule has 4 rings (SSSR count). The highest BCUT2D eigenvalue weighted by Crippen LogP contribution is 2.40. The van der Waals surface area contributed by atoms with Crippen LogP contribution in [-0.2, 0) is 16.0 Å². The smallest absolute Gasteiger partial charge is 0.230 e. The van der Waals surface area contributed by atoms with Crippen LogP contribution < -0.4 is 5.32 Å². The molecule has 31 heavy (non-hydrogen) atoms. The van der Waals surface area contributed by atoms with E-state index >= 15 is 0 Å². The van der Waals surface area contributed by atoms with Gasteiger partial charge in [-0.15, -0.1) is 0 Å². The Morgan fingerprint density at radius 1 is 1.06 bits per heavy atom. The predicted molar refractivity (Wildman–Crippen MR) is 119 cm³/mol. The Labute approximate surface area is 183 Å². The Morgan fingerprint density at radius 3 is 2.39 bits per heavy atom. The summed E-state index contributed by atoms with van der Waals surface area (Å²) in [4.78, 5) is 28.9. The van der Waals surface area contributed by atoms with Crippen LogP contribution in [0.1, 0.15) is 37.8 Å². The van der Waals surface area contributed by atoms with Crippen molar-refractivity contribution in [2.75, 3.05) is 19.6 Å². The van der Waals surface area contributed by atoms with Crippen LogP contribution in [-0.4, -0.2) is 41.8 Å². The lowest BCUT2D eigenvalue weighted by Crippen LogP contribution is -2.41. The van der Waals surface area contributed by atoms with E-state index in [-0.39, 0.29) is 40.8 Å². The van der Waals surface area contributed by atoms with Gasteiger partial charge in [0.2, 0.25) is 5.91 Å². The second kappa shape index (κ2) is 8.54. The molecule has 0 spiro atoms. The van der Waals surface area contributed by atoms with Gasteiger partial charge in [-0.05, 0) is 56.4 Å². The normalized spacial score (nSPS) is 26.8. The molecule has 4 atom stereocenters. The number of amides is 1. The molecule has 1 amide bonds. The number of benzene rings is 2. The molecule has 1 N–H and O–H groups in total. The third kappa shape index (κ3) is 4.57. The predicted octanol–water partition coefficient (Wildman–Crippen LogP) is 3.81. The number of rotatable bonds is 5. The molecule has 0 unspecified atom stereocenters. The zero-order valence-corrected chi connectivity index (χ0v) is 18.5. The number of halogens is 1. The van der Waals surface area contributed by atoms with E-state index in [1.807, 2.05) is 30.3 Å². The molecule has 0 aliphatic carbocycles. The average Bonchev–Trinajstić information content (AvgIpc) is 3.33. The lowest BCUT2D eigenvalue weighted by Gasteiger charge is -2.32. The van der Waals surface area contributed by atoms with Gasteiger partial charge in [0.25, 0.3) is 0 Å². The van der Waals surface area contributed by atoms with Crippen molar-refractivity contribution < 1.29 is 14.0 Å². The Bertz CT molecular complexity index is 936. The van der Waals surface area contributed by atoms with E-state index in [1.54, 1.807) is 12.1 Å². The highest BCUT2D eigenvalue weighted by Gasteiger charge is 2.48. The highest BCUT2D eigenvalue weighted by atomic mass is 19.1. The fraction of sp³-hybridized carbons (Fsp3) is 0.462. The standard InChI is InChI=1S/C26H31FN2O2/c1-26(2,3)29-15-21(18-9-11-20(27)12-10-18)22(16-29)24(30)23-19(14-28-25(23)31)13-17-7-5-4-6-8-17/h4-12,19,21-23H,13-16H2,1-3H3,(H,28,31)/t19-,21-,22-,23+/m1/s1. The zero-order chi connectivity index (χ0) is 22.2. The van der Waals surface area contributed by atoms with Crippen molar-refractivity contribution in [3.63, 3.8) is 0 Å². The van der Waals surface area contributed by atoms with Gasteiger partial charge in [0.05, 0.1) is 0 Å². The van der Waals surface area contributed by atoms with Crippen LogP contribution in [0.4, 0.5) is 4.39 Å². The summed E-state index contributed by atoms with van der Waals surface area (Å²) < 4.78 is 13.5. The summed E-state index contributed by atoms with van der Waals surface area (Å²) in [7, 11) is 0. The number of hydrogen-bond donors (Lipinski definition) is 1. The van der Waals surface area contributed by atoms with E-state index in [1.165, 1.54) is 12.1 Å². The van der Waals surface area contributed by atoms with Gasteiger partial charge in [0, 0.05) is 37.0 Å². The van der Waals surface area contributed by atoms with Crippen molar-refractivity contribution in [2.24, 2.45) is 17.8 Å². The molecule has 0 radical (unpaired) electrons. The third-order valence-corrected chi connectivity index (χ3v) is 6.87. The lowest BCUT2D eigenvalue weighted by molar-refractivity contribution is -0.135. The molecule has 2 aliphatic heterocycles. The molecular weight excluding hydrogens is 391 g/mol. The molecule has 0 bridgehead atoms. The monoisotopic (exact) mass is 422 g/mol. The number of likely N-dealkylation sites (tertiary alicyclic amines) is 1. The number of nitrogens with zero attached hydrogens (tertiary/aromatic N) is 1. The van der Waals surface area contributed by atoms with Crippen LogP contribution in [0, 0.1) is 23.6 Å². The highest BCUT2D eigenvalue weighted by molar-refractivity contribution is 6.04. The molecule has 2 aromatic carbocycles. The van der Waals surface area contributed by atoms with Gasteiger partial charge < -0.3 is 5.32 Å². The van der Waals surface area contributed by atoms with E-state index in [0.717, 1.165) is 17.7 Å². The molecule has 0 aromatic heterocycles.